The zero-order valence-corrected chi connectivity index (χ0v) is 9.58. The van der Waals surface area contributed by atoms with Crippen molar-refractivity contribution in [2.24, 2.45) is 0 Å². The summed E-state index contributed by atoms with van der Waals surface area (Å²) in [6.07, 6.45) is 0. The summed E-state index contributed by atoms with van der Waals surface area (Å²) in [7, 11) is 0. The van der Waals surface area contributed by atoms with E-state index in [0.29, 0.717) is 23.5 Å². The van der Waals surface area contributed by atoms with E-state index < -0.39 is 0 Å². The highest BCUT2D eigenvalue weighted by molar-refractivity contribution is 6.17. The van der Waals surface area contributed by atoms with Gasteiger partial charge < -0.3 is 9.15 Å². The van der Waals surface area contributed by atoms with E-state index >= 15 is 0 Å². The Hall–Kier alpha value is -1.48. The Morgan fingerprint density at radius 2 is 2.31 bits per heavy atom. The molecule has 0 radical (unpaired) electrons. The second-order valence-electron chi connectivity index (χ2n) is 3.29. The molecule has 0 fully saturated rings. The van der Waals surface area contributed by atoms with Gasteiger partial charge >= 0.3 is 5.97 Å². The van der Waals surface area contributed by atoms with Crippen LogP contribution in [0.15, 0.2) is 28.7 Å². The summed E-state index contributed by atoms with van der Waals surface area (Å²) in [5, 5.41) is 0.862. The van der Waals surface area contributed by atoms with Crippen LogP contribution >= 0.6 is 11.6 Å². The van der Waals surface area contributed by atoms with Crippen molar-refractivity contribution in [2.75, 3.05) is 6.61 Å². The van der Waals surface area contributed by atoms with Crippen LogP contribution in [-0.2, 0) is 10.6 Å². The van der Waals surface area contributed by atoms with E-state index in [1.807, 2.05) is 12.1 Å². The molecule has 0 bridgehead atoms. The van der Waals surface area contributed by atoms with Crippen LogP contribution in [0.1, 0.15) is 23.0 Å². The normalized spacial score (nSPS) is 10.6. The molecule has 0 aliphatic heterocycles. The van der Waals surface area contributed by atoms with Crippen LogP contribution in [0.2, 0.25) is 0 Å². The number of hydrogen-bond donors (Lipinski definition) is 0. The standard InChI is InChI=1S/C12H11ClO3/c1-2-15-12(14)10-5-3-4-8-6-9(7-13)16-11(8)10/h3-6H,2,7H2,1H3. The molecule has 0 atom stereocenters. The largest absolute Gasteiger partial charge is 0.462 e. The number of fused-ring (bicyclic) bond motifs is 1. The maximum atomic E-state index is 11.6. The van der Waals surface area contributed by atoms with E-state index in [2.05, 4.69) is 0 Å². The van der Waals surface area contributed by atoms with Crippen molar-refractivity contribution in [3.8, 4) is 0 Å². The smallest absolute Gasteiger partial charge is 0.341 e. The third-order valence-corrected chi connectivity index (χ3v) is 2.49. The van der Waals surface area contributed by atoms with Gasteiger partial charge in [-0.3, -0.25) is 0 Å². The molecule has 2 aromatic rings. The molecule has 1 heterocycles. The van der Waals surface area contributed by atoms with E-state index in [9.17, 15) is 4.79 Å². The lowest BCUT2D eigenvalue weighted by atomic mass is 10.1. The van der Waals surface area contributed by atoms with E-state index in [4.69, 9.17) is 20.8 Å². The predicted molar refractivity (Wildman–Crippen MR) is 61.7 cm³/mol. The van der Waals surface area contributed by atoms with Crippen molar-refractivity contribution in [1.29, 1.82) is 0 Å². The van der Waals surface area contributed by atoms with Crippen LogP contribution in [0.3, 0.4) is 0 Å². The second-order valence-corrected chi connectivity index (χ2v) is 3.56. The molecule has 0 aliphatic rings. The van der Waals surface area contributed by atoms with Crippen LogP contribution < -0.4 is 0 Å². The molecule has 0 spiro atoms. The highest BCUT2D eigenvalue weighted by atomic mass is 35.5. The lowest BCUT2D eigenvalue weighted by Gasteiger charge is -2.01. The van der Waals surface area contributed by atoms with Crippen molar-refractivity contribution in [1.82, 2.24) is 0 Å². The summed E-state index contributed by atoms with van der Waals surface area (Å²) in [4.78, 5) is 11.6. The lowest BCUT2D eigenvalue weighted by Crippen LogP contribution is -2.04. The fourth-order valence-corrected chi connectivity index (χ4v) is 1.68. The highest BCUT2D eigenvalue weighted by Crippen LogP contribution is 2.24. The predicted octanol–water partition coefficient (Wildman–Crippen LogP) is 3.35. The molecular weight excluding hydrogens is 228 g/mol. The second kappa shape index (κ2) is 4.58. The van der Waals surface area contributed by atoms with E-state index in [0.717, 1.165) is 5.39 Å². The summed E-state index contributed by atoms with van der Waals surface area (Å²) in [5.41, 5.74) is 0.979. The van der Waals surface area contributed by atoms with Crippen LogP contribution in [-0.4, -0.2) is 12.6 Å². The van der Waals surface area contributed by atoms with E-state index in [-0.39, 0.29) is 11.8 Å². The lowest BCUT2D eigenvalue weighted by molar-refractivity contribution is 0.0527. The van der Waals surface area contributed by atoms with Gasteiger partial charge in [0, 0.05) is 5.39 Å². The number of rotatable bonds is 3. The zero-order valence-electron chi connectivity index (χ0n) is 8.83. The first kappa shape index (κ1) is 11.0. The molecule has 84 valence electrons. The molecule has 0 unspecified atom stereocenters. The molecule has 1 aromatic heterocycles. The summed E-state index contributed by atoms with van der Waals surface area (Å²) in [6.45, 7) is 2.11. The van der Waals surface area contributed by atoms with Crippen molar-refractivity contribution in [3.05, 3.63) is 35.6 Å². The Labute approximate surface area is 97.9 Å². The highest BCUT2D eigenvalue weighted by Gasteiger charge is 2.14. The summed E-state index contributed by atoms with van der Waals surface area (Å²) < 4.78 is 10.4. The quantitative estimate of drug-likeness (QED) is 0.608. The van der Waals surface area contributed by atoms with Crippen LogP contribution in [0.25, 0.3) is 11.0 Å². The van der Waals surface area contributed by atoms with Crippen LogP contribution in [0, 0.1) is 0 Å². The molecular formula is C12H11ClO3. The van der Waals surface area contributed by atoms with Crippen LogP contribution in [0.5, 0.6) is 0 Å². The monoisotopic (exact) mass is 238 g/mol. The van der Waals surface area contributed by atoms with Gasteiger partial charge in [0.1, 0.15) is 16.9 Å². The molecule has 0 N–H and O–H groups in total. The van der Waals surface area contributed by atoms with Gasteiger partial charge in [-0.05, 0) is 19.1 Å². The molecule has 0 saturated heterocycles. The average Bonchev–Trinajstić information content (AvgIpc) is 2.71. The third-order valence-electron chi connectivity index (χ3n) is 2.22. The fourth-order valence-electron chi connectivity index (χ4n) is 1.55. The molecule has 0 amide bonds. The molecule has 1 aromatic carbocycles. The van der Waals surface area contributed by atoms with Gasteiger partial charge in [-0.2, -0.15) is 0 Å². The number of para-hydroxylation sites is 1. The zero-order chi connectivity index (χ0) is 11.5. The number of benzene rings is 1. The van der Waals surface area contributed by atoms with Crippen LogP contribution in [0.4, 0.5) is 0 Å². The van der Waals surface area contributed by atoms with Crippen molar-refractivity contribution in [3.63, 3.8) is 0 Å². The number of halogens is 1. The van der Waals surface area contributed by atoms with E-state index in [1.165, 1.54) is 0 Å². The van der Waals surface area contributed by atoms with Gasteiger partial charge in [0.2, 0.25) is 0 Å². The maximum Gasteiger partial charge on any atom is 0.341 e. The molecule has 0 saturated carbocycles. The van der Waals surface area contributed by atoms with Crippen molar-refractivity contribution >= 4 is 28.5 Å². The molecule has 16 heavy (non-hydrogen) atoms. The molecule has 3 nitrogen and oxygen atoms in total. The first-order valence-corrected chi connectivity index (χ1v) is 5.54. The molecule has 4 heteroatoms. The van der Waals surface area contributed by atoms with Gasteiger partial charge in [-0.15, -0.1) is 11.6 Å². The number of carbonyl (C=O) groups is 1. The Morgan fingerprint density at radius 1 is 1.50 bits per heavy atom. The van der Waals surface area contributed by atoms with Gasteiger partial charge in [0.25, 0.3) is 0 Å². The topological polar surface area (TPSA) is 39.4 Å². The number of esters is 1. The van der Waals surface area contributed by atoms with Crippen molar-refractivity contribution in [2.45, 2.75) is 12.8 Å². The minimum Gasteiger partial charge on any atom is -0.462 e. The van der Waals surface area contributed by atoms with Crippen molar-refractivity contribution < 1.29 is 13.9 Å². The first-order valence-electron chi connectivity index (χ1n) is 5.00. The first-order chi connectivity index (χ1) is 7.76. The minimum absolute atomic E-state index is 0.289. The molecule has 2 rings (SSSR count). The Morgan fingerprint density at radius 3 is 3.00 bits per heavy atom. The number of ether oxygens (including phenoxy) is 1. The Balaban J connectivity index is 2.52. The fraction of sp³-hybridized carbons (Fsp3) is 0.250. The Kier molecular flexibility index (Phi) is 3.15. The van der Waals surface area contributed by atoms with Gasteiger partial charge in [0.05, 0.1) is 12.5 Å². The average molecular weight is 239 g/mol. The number of carbonyl (C=O) groups excluding carboxylic acids is 1. The summed E-state index contributed by atoms with van der Waals surface area (Å²) in [6, 6.07) is 7.17. The van der Waals surface area contributed by atoms with Gasteiger partial charge in [-0.25, -0.2) is 4.79 Å². The summed E-state index contributed by atoms with van der Waals surface area (Å²) >= 11 is 5.68. The number of alkyl halides is 1. The number of furan rings is 1. The number of hydrogen-bond acceptors (Lipinski definition) is 3. The van der Waals surface area contributed by atoms with Gasteiger partial charge in [0.15, 0.2) is 0 Å². The Bertz CT molecular complexity index is 516. The molecule has 0 aliphatic carbocycles. The minimum atomic E-state index is -0.372. The van der Waals surface area contributed by atoms with E-state index in [1.54, 1.807) is 19.1 Å². The maximum absolute atomic E-state index is 11.6. The van der Waals surface area contributed by atoms with Gasteiger partial charge in [-0.1, -0.05) is 12.1 Å². The third kappa shape index (κ3) is 1.91. The SMILES string of the molecule is CCOC(=O)c1cccc2cc(CCl)oc12. The summed E-state index contributed by atoms with van der Waals surface area (Å²) in [5.74, 6) is 0.564.